The molecule has 0 bridgehead atoms. The zero-order valence-electron chi connectivity index (χ0n) is 22.4. The highest BCUT2D eigenvalue weighted by molar-refractivity contribution is 7.27. The Bertz CT molecular complexity index is 1810. The van der Waals surface area contributed by atoms with Crippen molar-refractivity contribution in [3.8, 4) is 0 Å². The topological polar surface area (TPSA) is 0 Å². The number of rotatable bonds is 8. The minimum absolute atomic E-state index is 1.19. The highest BCUT2D eigenvalue weighted by atomic mass is 32.1. The van der Waals surface area contributed by atoms with Gasteiger partial charge in [0, 0.05) is 51.1 Å². The number of unbranched alkanes of at least 4 members (excludes halogenated alkanes) is 4. The van der Waals surface area contributed by atoms with Crippen molar-refractivity contribution in [2.24, 2.45) is 0 Å². The van der Waals surface area contributed by atoms with E-state index in [0.29, 0.717) is 0 Å². The van der Waals surface area contributed by atoms with Crippen LogP contribution in [0.5, 0.6) is 0 Å². The molecule has 0 aliphatic carbocycles. The predicted octanol–water partition coefficient (Wildman–Crippen LogP) is 12.2. The summed E-state index contributed by atoms with van der Waals surface area (Å²) in [6.07, 6.45) is 10.1. The largest absolute Gasteiger partial charge is 0.135 e. The smallest absolute Gasteiger partial charge is 0.0434 e. The standard InChI is InChI=1S/C36H34S2/c1-3-5-7-9-23-11-17-33-31(19-23)27-15-13-25-22-30-26(21-29(25)35(27)37-33)14-16-28-32-20-24(10-8-6-4-2)12-18-34(32)38-36(28)30/h11-22H,3-10H2,1-2H3. The van der Waals surface area contributed by atoms with Gasteiger partial charge in [0.05, 0.1) is 0 Å². The SMILES string of the molecule is CCCCCc1ccc2sc3c4cc5ccc6c7cc(CCCCC)ccc7sc6c5cc4ccc3c2c1. The summed E-state index contributed by atoms with van der Waals surface area (Å²) in [5.74, 6) is 0. The Morgan fingerprint density at radius 3 is 1.37 bits per heavy atom. The van der Waals surface area contributed by atoms with Gasteiger partial charge in [-0.1, -0.05) is 75.9 Å². The van der Waals surface area contributed by atoms with Crippen LogP contribution in [0.4, 0.5) is 0 Å². The maximum Gasteiger partial charge on any atom is 0.0434 e. The predicted molar refractivity (Wildman–Crippen MR) is 174 cm³/mol. The van der Waals surface area contributed by atoms with Crippen LogP contribution in [0.2, 0.25) is 0 Å². The van der Waals surface area contributed by atoms with E-state index in [4.69, 9.17) is 0 Å². The first kappa shape index (κ1) is 24.1. The summed E-state index contributed by atoms with van der Waals surface area (Å²) in [6, 6.07) is 28.6. The number of aryl methyl sites for hydroxylation is 2. The third kappa shape index (κ3) is 4.10. The van der Waals surface area contributed by atoms with Crippen molar-refractivity contribution in [3.05, 3.63) is 83.9 Å². The van der Waals surface area contributed by atoms with Crippen LogP contribution in [0.25, 0.3) is 61.9 Å². The molecule has 0 radical (unpaired) electrons. The first-order valence-electron chi connectivity index (χ1n) is 14.4. The van der Waals surface area contributed by atoms with E-state index >= 15 is 0 Å². The van der Waals surface area contributed by atoms with E-state index in [1.165, 1.54) is 124 Å². The number of benzene rings is 5. The summed E-state index contributed by atoms with van der Waals surface area (Å²) in [5, 5.41) is 11.2. The van der Waals surface area contributed by atoms with Gasteiger partial charge in [0.15, 0.2) is 0 Å². The van der Waals surface area contributed by atoms with E-state index in [0.717, 1.165) is 0 Å². The van der Waals surface area contributed by atoms with Gasteiger partial charge in [-0.3, -0.25) is 0 Å². The highest BCUT2D eigenvalue weighted by Crippen LogP contribution is 2.43. The van der Waals surface area contributed by atoms with Crippen molar-refractivity contribution in [1.29, 1.82) is 0 Å². The molecule has 0 aliphatic rings. The first-order valence-corrected chi connectivity index (χ1v) is 16.0. The van der Waals surface area contributed by atoms with E-state index < -0.39 is 0 Å². The number of hydrogen-bond acceptors (Lipinski definition) is 2. The Labute approximate surface area is 232 Å². The van der Waals surface area contributed by atoms with Crippen molar-refractivity contribution in [1.82, 2.24) is 0 Å². The first-order chi connectivity index (χ1) is 18.7. The zero-order valence-corrected chi connectivity index (χ0v) is 24.0. The fraction of sp³-hybridized carbons (Fsp3) is 0.278. The van der Waals surface area contributed by atoms with E-state index in [1.54, 1.807) is 0 Å². The minimum atomic E-state index is 1.19. The normalized spacial score (nSPS) is 12.3. The lowest BCUT2D eigenvalue weighted by Gasteiger charge is -2.06. The third-order valence-electron chi connectivity index (χ3n) is 8.29. The molecule has 0 N–H and O–H groups in total. The number of thiophene rings is 2. The molecule has 7 aromatic rings. The summed E-state index contributed by atoms with van der Waals surface area (Å²) in [6.45, 7) is 4.56. The molecule has 190 valence electrons. The van der Waals surface area contributed by atoms with E-state index in [9.17, 15) is 0 Å². The lowest BCUT2D eigenvalue weighted by molar-refractivity contribution is 0.718. The molecule has 0 saturated carbocycles. The van der Waals surface area contributed by atoms with Gasteiger partial charge in [-0.05, 0) is 84.0 Å². The van der Waals surface area contributed by atoms with Crippen molar-refractivity contribution < 1.29 is 0 Å². The second-order valence-electron chi connectivity index (χ2n) is 11.0. The van der Waals surface area contributed by atoms with Gasteiger partial charge in [-0.2, -0.15) is 0 Å². The van der Waals surface area contributed by atoms with E-state index in [2.05, 4.69) is 86.6 Å². The summed E-state index contributed by atoms with van der Waals surface area (Å²) in [7, 11) is 0. The zero-order chi connectivity index (χ0) is 25.6. The minimum Gasteiger partial charge on any atom is -0.135 e. The molecule has 38 heavy (non-hydrogen) atoms. The molecule has 0 atom stereocenters. The molecule has 0 saturated heterocycles. The van der Waals surface area contributed by atoms with Crippen LogP contribution in [-0.4, -0.2) is 0 Å². The van der Waals surface area contributed by atoms with Crippen LogP contribution in [0.3, 0.4) is 0 Å². The average molecular weight is 531 g/mol. The van der Waals surface area contributed by atoms with Gasteiger partial charge in [0.2, 0.25) is 0 Å². The molecule has 2 heterocycles. The Hall–Kier alpha value is -2.94. The van der Waals surface area contributed by atoms with Gasteiger partial charge in [-0.25, -0.2) is 0 Å². The maximum absolute atomic E-state index is 2.45. The lowest BCUT2D eigenvalue weighted by Crippen LogP contribution is -1.84. The molecule has 5 aromatic carbocycles. The lowest BCUT2D eigenvalue weighted by atomic mass is 9.98. The molecule has 0 amide bonds. The Morgan fingerprint density at radius 2 is 0.921 bits per heavy atom. The molecule has 0 unspecified atom stereocenters. The second-order valence-corrected chi connectivity index (χ2v) is 13.1. The van der Waals surface area contributed by atoms with Crippen LogP contribution in [0, 0.1) is 0 Å². The van der Waals surface area contributed by atoms with Crippen LogP contribution in [-0.2, 0) is 12.8 Å². The van der Waals surface area contributed by atoms with Gasteiger partial charge >= 0.3 is 0 Å². The summed E-state index contributed by atoms with van der Waals surface area (Å²) in [5.41, 5.74) is 2.95. The van der Waals surface area contributed by atoms with Crippen molar-refractivity contribution in [3.63, 3.8) is 0 Å². The molecule has 0 fully saturated rings. The third-order valence-corrected chi connectivity index (χ3v) is 10.7. The van der Waals surface area contributed by atoms with Gasteiger partial charge in [0.1, 0.15) is 0 Å². The summed E-state index contributed by atoms with van der Waals surface area (Å²) in [4.78, 5) is 0. The molecule has 2 aromatic heterocycles. The fourth-order valence-corrected chi connectivity index (χ4v) is 8.60. The summed E-state index contributed by atoms with van der Waals surface area (Å²) >= 11 is 3.91. The van der Waals surface area contributed by atoms with E-state index in [1.807, 2.05) is 22.7 Å². The van der Waals surface area contributed by atoms with Crippen molar-refractivity contribution >= 4 is 84.6 Å². The van der Waals surface area contributed by atoms with Crippen molar-refractivity contribution in [2.75, 3.05) is 0 Å². The highest BCUT2D eigenvalue weighted by Gasteiger charge is 2.13. The molecular formula is C36H34S2. The van der Waals surface area contributed by atoms with Crippen molar-refractivity contribution in [2.45, 2.75) is 65.2 Å². The van der Waals surface area contributed by atoms with Crippen LogP contribution >= 0.6 is 22.7 Å². The van der Waals surface area contributed by atoms with Gasteiger partial charge < -0.3 is 0 Å². The fourth-order valence-electron chi connectivity index (χ4n) is 6.18. The van der Waals surface area contributed by atoms with Crippen LogP contribution in [0.1, 0.15) is 63.5 Å². The maximum atomic E-state index is 2.45. The quantitative estimate of drug-likeness (QED) is 0.135. The van der Waals surface area contributed by atoms with Gasteiger partial charge in [0.25, 0.3) is 0 Å². The Morgan fingerprint density at radius 1 is 0.447 bits per heavy atom. The Kier molecular flexibility index (Phi) is 6.34. The monoisotopic (exact) mass is 530 g/mol. The second kappa shape index (κ2) is 9.98. The van der Waals surface area contributed by atoms with Gasteiger partial charge in [-0.15, -0.1) is 22.7 Å². The van der Waals surface area contributed by atoms with E-state index in [-0.39, 0.29) is 0 Å². The number of hydrogen-bond donors (Lipinski definition) is 0. The molecule has 0 nitrogen and oxygen atoms in total. The Balaban J connectivity index is 1.36. The van der Waals surface area contributed by atoms with Crippen LogP contribution < -0.4 is 0 Å². The molecule has 7 rings (SSSR count). The van der Waals surface area contributed by atoms with Crippen LogP contribution in [0.15, 0.2) is 72.8 Å². The average Bonchev–Trinajstić information content (AvgIpc) is 3.50. The summed E-state index contributed by atoms with van der Waals surface area (Å²) < 4.78 is 5.67. The molecule has 0 spiro atoms. The number of fused-ring (bicyclic) bond motifs is 10. The molecule has 0 aliphatic heterocycles. The molecular weight excluding hydrogens is 497 g/mol. The molecule has 2 heteroatoms.